The molecule has 2 aromatic rings. The number of halogens is 1. The first-order valence-corrected chi connectivity index (χ1v) is 8.59. The molecule has 1 aliphatic carbocycles. The van der Waals surface area contributed by atoms with Crippen LogP contribution in [0.25, 0.3) is 5.65 Å². The molecule has 0 aliphatic heterocycles. The summed E-state index contributed by atoms with van der Waals surface area (Å²) in [5, 5.41) is 4.44. The molecule has 1 N–H and O–H groups in total. The van der Waals surface area contributed by atoms with Gasteiger partial charge in [-0.25, -0.2) is 9.97 Å². The van der Waals surface area contributed by atoms with Crippen LogP contribution in [0.15, 0.2) is 23.2 Å². The molecule has 0 amide bonds. The van der Waals surface area contributed by atoms with E-state index in [1.165, 1.54) is 25.0 Å². The normalized spacial score (nSPS) is 23.3. The van der Waals surface area contributed by atoms with E-state index < -0.39 is 0 Å². The lowest BCUT2D eigenvalue weighted by Gasteiger charge is -2.18. The number of aromatic nitrogens is 3. The molecule has 4 nitrogen and oxygen atoms in total. The molecule has 1 fully saturated rings. The number of hydrogen-bond acceptors (Lipinski definition) is 4. The molecule has 0 radical (unpaired) electrons. The lowest BCUT2D eigenvalue weighted by atomic mass is 10.2. The van der Waals surface area contributed by atoms with Gasteiger partial charge in [-0.15, -0.1) is 0 Å². The SMILES string of the molecule is CSC1CCCC1NCc1cnc2cnc(Br)cn12. The topological polar surface area (TPSA) is 42.2 Å². The Hall–Kier alpha value is -0.590. The number of nitrogens with one attached hydrogen (secondary N) is 1. The summed E-state index contributed by atoms with van der Waals surface area (Å²) in [6.07, 6.45) is 11.9. The van der Waals surface area contributed by atoms with Gasteiger partial charge in [0.2, 0.25) is 0 Å². The van der Waals surface area contributed by atoms with Crippen molar-refractivity contribution < 1.29 is 0 Å². The van der Waals surface area contributed by atoms with Crippen molar-refractivity contribution in [2.75, 3.05) is 6.26 Å². The molecule has 0 aromatic carbocycles. The summed E-state index contributed by atoms with van der Waals surface area (Å²) in [5.41, 5.74) is 2.08. The van der Waals surface area contributed by atoms with Crippen LogP contribution in [0, 0.1) is 0 Å². The third-order valence-corrected chi connectivity index (χ3v) is 5.32. The summed E-state index contributed by atoms with van der Waals surface area (Å²) in [6, 6.07) is 0.630. The second-order valence-electron chi connectivity index (χ2n) is 4.88. The Bertz CT molecular complexity index is 571. The van der Waals surface area contributed by atoms with Crippen molar-refractivity contribution in [2.24, 2.45) is 0 Å². The Morgan fingerprint density at radius 3 is 3.16 bits per heavy atom. The fourth-order valence-corrected chi connectivity index (χ4v) is 3.99. The highest BCUT2D eigenvalue weighted by Gasteiger charge is 2.25. The first-order valence-electron chi connectivity index (χ1n) is 6.51. The molecule has 6 heteroatoms. The van der Waals surface area contributed by atoms with Crippen LogP contribution in [0.3, 0.4) is 0 Å². The van der Waals surface area contributed by atoms with Crippen molar-refractivity contribution in [3.8, 4) is 0 Å². The van der Waals surface area contributed by atoms with Crippen LogP contribution >= 0.6 is 27.7 Å². The summed E-state index contributed by atoms with van der Waals surface area (Å²) < 4.78 is 2.93. The van der Waals surface area contributed by atoms with Gasteiger partial charge in [0.25, 0.3) is 0 Å². The predicted octanol–water partition coefficient (Wildman–Crippen LogP) is 2.87. The second-order valence-corrected chi connectivity index (χ2v) is 6.77. The van der Waals surface area contributed by atoms with E-state index in [4.69, 9.17) is 0 Å². The Labute approximate surface area is 125 Å². The van der Waals surface area contributed by atoms with Crippen LogP contribution < -0.4 is 5.32 Å². The van der Waals surface area contributed by atoms with Gasteiger partial charge in [-0.3, -0.25) is 4.40 Å². The average Bonchev–Trinajstić information content (AvgIpc) is 3.02. The highest BCUT2D eigenvalue weighted by Crippen LogP contribution is 2.28. The van der Waals surface area contributed by atoms with Gasteiger partial charge in [0, 0.05) is 24.0 Å². The maximum absolute atomic E-state index is 4.38. The highest BCUT2D eigenvalue weighted by molar-refractivity contribution is 9.10. The highest BCUT2D eigenvalue weighted by atomic mass is 79.9. The molecule has 2 heterocycles. The molecule has 2 unspecified atom stereocenters. The summed E-state index contributed by atoms with van der Waals surface area (Å²) in [6.45, 7) is 0.860. The van der Waals surface area contributed by atoms with Crippen LogP contribution in [0.4, 0.5) is 0 Å². The molecule has 1 saturated carbocycles. The number of nitrogens with zero attached hydrogens (tertiary/aromatic N) is 3. The van der Waals surface area contributed by atoms with E-state index in [2.05, 4.69) is 41.9 Å². The number of fused-ring (bicyclic) bond motifs is 1. The average molecular weight is 341 g/mol. The minimum Gasteiger partial charge on any atom is -0.307 e. The van der Waals surface area contributed by atoms with E-state index in [1.807, 2.05) is 24.2 Å². The van der Waals surface area contributed by atoms with Crippen molar-refractivity contribution in [2.45, 2.75) is 37.1 Å². The second kappa shape index (κ2) is 5.81. The molecular weight excluding hydrogens is 324 g/mol. The number of hydrogen-bond donors (Lipinski definition) is 1. The number of rotatable bonds is 4. The van der Waals surface area contributed by atoms with Crippen LogP contribution in [0.1, 0.15) is 25.0 Å². The van der Waals surface area contributed by atoms with E-state index >= 15 is 0 Å². The molecule has 19 heavy (non-hydrogen) atoms. The quantitative estimate of drug-likeness (QED) is 0.929. The molecule has 0 bridgehead atoms. The smallest absolute Gasteiger partial charge is 0.155 e. The minimum atomic E-state index is 0.630. The van der Waals surface area contributed by atoms with Crippen LogP contribution in [0.5, 0.6) is 0 Å². The maximum atomic E-state index is 4.38. The summed E-state index contributed by atoms with van der Waals surface area (Å²) in [4.78, 5) is 8.57. The van der Waals surface area contributed by atoms with E-state index in [-0.39, 0.29) is 0 Å². The molecular formula is C13H17BrN4S. The van der Waals surface area contributed by atoms with Gasteiger partial charge in [0.15, 0.2) is 5.65 Å². The van der Waals surface area contributed by atoms with Crippen molar-refractivity contribution in [3.63, 3.8) is 0 Å². The Morgan fingerprint density at radius 1 is 1.42 bits per heavy atom. The molecule has 102 valence electrons. The van der Waals surface area contributed by atoms with Crippen LogP contribution in [-0.2, 0) is 6.54 Å². The molecule has 0 saturated heterocycles. The lowest BCUT2D eigenvalue weighted by Crippen LogP contribution is -2.33. The fourth-order valence-electron chi connectivity index (χ4n) is 2.72. The first-order chi connectivity index (χ1) is 9.28. The van der Waals surface area contributed by atoms with E-state index in [0.29, 0.717) is 6.04 Å². The first kappa shape index (κ1) is 13.4. The third-order valence-electron chi connectivity index (χ3n) is 3.74. The van der Waals surface area contributed by atoms with Crippen molar-refractivity contribution >= 4 is 33.3 Å². The zero-order valence-corrected chi connectivity index (χ0v) is 13.2. The molecule has 0 spiro atoms. The maximum Gasteiger partial charge on any atom is 0.155 e. The van der Waals surface area contributed by atoms with E-state index in [1.54, 1.807) is 6.20 Å². The Morgan fingerprint density at radius 2 is 2.32 bits per heavy atom. The molecule has 2 atom stereocenters. The summed E-state index contributed by atoms with van der Waals surface area (Å²) >= 11 is 5.39. The Kier molecular flexibility index (Phi) is 4.10. The number of imidazole rings is 1. The third kappa shape index (κ3) is 2.80. The fraction of sp³-hybridized carbons (Fsp3) is 0.538. The van der Waals surface area contributed by atoms with Crippen molar-refractivity contribution in [1.82, 2.24) is 19.7 Å². The van der Waals surface area contributed by atoms with E-state index in [0.717, 1.165) is 22.0 Å². The predicted molar refractivity (Wildman–Crippen MR) is 82.5 cm³/mol. The van der Waals surface area contributed by atoms with Gasteiger partial charge in [-0.2, -0.15) is 11.8 Å². The molecule has 2 aromatic heterocycles. The van der Waals surface area contributed by atoms with Gasteiger partial charge in [0.05, 0.1) is 18.1 Å². The zero-order valence-electron chi connectivity index (χ0n) is 10.8. The summed E-state index contributed by atoms with van der Waals surface area (Å²) in [7, 11) is 0. The standard InChI is InChI=1S/C13H17BrN4S/c1-19-11-4-2-3-10(11)15-5-9-6-17-13-7-16-12(14)8-18(9)13/h6-8,10-11,15H,2-5H2,1H3. The lowest BCUT2D eigenvalue weighted by molar-refractivity contribution is 0.526. The van der Waals surface area contributed by atoms with Crippen molar-refractivity contribution in [1.29, 1.82) is 0 Å². The van der Waals surface area contributed by atoms with Gasteiger partial charge < -0.3 is 5.32 Å². The van der Waals surface area contributed by atoms with Gasteiger partial charge >= 0.3 is 0 Å². The molecule has 3 rings (SSSR count). The monoisotopic (exact) mass is 340 g/mol. The van der Waals surface area contributed by atoms with E-state index in [9.17, 15) is 0 Å². The van der Waals surface area contributed by atoms with Gasteiger partial charge in [0.1, 0.15) is 4.60 Å². The van der Waals surface area contributed by atoms with Gasteiger partial charge in [-0.1, -0.05) is 6.42 Å². The van der Waals surface area contributed by atoms with Crippen molar-refractivity contribution in [3.05, 3.63) is 28.9 Å². The molecule has 1 aliphatic rings. The largest absolute Gasteiger partial charge is 0.307 e. The number of thioether (sulfide) groups is 1. The van der Waals surface area contributed by atoms with Gasteiger partial charge in [-0.05, 0) is 35.0 Å². The van der Waals surface area contributed by atoms with Crippen LogP contribution in [-0.4, -0.2) is 31.9 Å². The zero-order chi connectivity index (χ0) is 13.2. The Balaban J connectivity index is 1.73. The summed E-state index contributed by atoms with van der Waals surface area (Å²) in [5.74, 6) is 0. The minimum absolute atomic E-state index is 0.630. The van der Waals surface area contributed by atoms with Crippen LogP contribution in [0.2, 0.25) is 0 Å².